The first kappa shape index (κ1) is 18.0. The van der Waals surface area contributed by atoms with Crippen LogP contribution in [0.5, 0.6) is 0 Å². The predicted molar refractivity (Wildman–Crippen MR) is 112 cm³/mol. The fourth-order valence-electron chi connectivity index (χ4n) is 5.19. The second-order valence-corrected chi connectivity index (χ2v) is 8.66. The molecule has 2 saturated carbocycles. The van der Waals surface area contributed by atoms with Gasteiger partial charge in [-0.1, -0.05) is 32.1 Å². The summed E-state index contributed by atoms with van der Waals surface area (Å²) in [5, 5.41) is 9.60. The average Bonchev–Trinajstić information content (AvgIpc) is 3.43. The van der Waals surface area contributed by atoms with Gasteiger partial charge in [0, 0.05) is 18.2 Å². The Morgan fingerprint density at radius 1 is 1.21 bits per heavy atom. The summed E-state index contributed by atoms with van der Waals surface area (Å²) in [6.45, 7) is 5.05. The highest BCUT2D eigenvalue weighted by molar-refractivity contribution is 5.97. The average molecular weight is 382 g/mol. The molecule has 2 aromatic rings. The van der Waals surface area contributed by atoms with E-state index in [9.17, 15) is 0 Å². The summed E-state index contributed by atoms with van der Waals surface area (Å²) in [6.07, 6.45) is 15.4. The van der Waals surface area contributed by atoms with Crippen LogP contribution < -0.4 is 10.8 Å². The molecule has 5 rings (SSSR count). The molecule has 0 amide bonds. The molecule has 0 radical (unpaired) electrons. The van der Waals surface area contributed by atoms with Crippen LogP contribution in [-0.2, 0) is 11.4 Å². The minimum absolute atomic E-state index is 0.133. The van der Waals surface area contributed by atoms with E-state index in [1.165, 1.54) is 50.6 Å². The van der Waals surface area contributed by atoms with E-state index in [0.717, 1.165) is 47.4 Å². The molecule has 6 nitrogen and oxygen atoms in total. The Morgan fingerprint density at radius 2 is 2.00 bits per heavy atom. The van der Waals surface area contributed by atoms with Crippen LogP contribution in [0.1, 0.15) is 76.0 Å². The highest BCUT2D eigenvalue weighted by atomic mass is 16.7. The fourth-order valence-corrected chi connectivity index (χ4v) is 5.19. The van der Waals surface area contributed by atoms with E-state index < -0.39 is 0 Å². The van der Waals surface area contributed by atoms with Gasteiger partial charge in [0.25, 0.3) is 0 Å². The number of hydrogen-bond donors (Lipinski definition) is 2. The predicted octanol–water partition coefficient (Wildman–Crippen LogP) is 4.69. The number of fused-ring (bicyclic) bond motifs is 1. The standard InChI is InChI=1S/C22H31N5O/c1-3-27-21-17(14-23-27)20(25-16-9-5-4-6-10-16)19(15(2)24-21)18-13-22(28-26-18)11-7-8-12-22/h13-14,16,26H,3-12H2,1-2H3,(H,24,25). The Balaban J connectivity index is 1.62. The largest absolute Gasteiger partial charge is 0.381 e. The van der Waals surface area contributed by atoms with Crippen molar-refractivity contribution in [3.8, 4) is 0 Å². The van der Waals surface area contributed by atoms with Crippen LogP contribution in [0.2, 0.25) is 0 Å². The number of aryl methyl sites for hydroxylation is 2. The third kappa shape index (κ3) is 2.98. The van der Waals surface area contributed by atoms with Crippen molar-refractivity contribution in [3.05, 3.63) is 23.5 Å². The number of nitrogens with one attached hydrogen (secondary N) is 2. The van der Waals surface area contributed by atoms with Crippen LogP contribution in [0.4, 0.5) is 5.69 Å². The van der Waals surface area contributed by atoms with E-state index in [2.05, 4.69) is 35.8 Å². The minimum atomic E-state index is -0.133. The third-order valence-corrected chi connectivity index (χ3v) is 6.71. The number of nitrogens with zero attached hydrogens (tertiary/aromatic N) is 3. The van der Waals surface area contributed by atoms with Crippen molar-refractivity contribution in [2.24, 2.45) is 0 Å². The van der Waals surface area contributed by atoms with Crippen molar-refractivity contribution in [2.75, 3.05) is 5.32 Å². The zero-order chi connectivity index (χ0) is 19.1. The van der Waals surface area contributed by atoms with E-state index in [0.29, 0.717) is 6.04 Å². The van der Waals surface area contributed by atoms with Crippen LogP contribution in [-0.4, -0.2) is 26.4 Å². The molecule has 2 aromatic heterocycles. The molecule has 0 unspecified atom stereocenters. The maximum atomic E-state index is 6.09. The number of hydroxylamine groups is 1. The third-order valence-electron chi connectivity index (χ3n) is 6.71. The Kier molecular flexibility index (Phi) is 4.54. The van der Waals surface area contributed by atoms with Crippen molar-refractivity contribution in [3.63, 3.8) is 0 Å². The van der Waals surface area contributed by atoms with Crippen LogP contribution >= 0.6 is 0 Å². The number of hydrogen-bond acceptors (Lipinski definition) is 5. The molecule has 2 aliphatic carbocycles. The van der Waals surface area contributed by atoms with Crippen molar-refractivity contribution in [1.82, 2.24) is 20.2 Å². The SMILES string of the molecule is CCn1ncc2c(NC3CCCCC3)c(C3=CC4(CCCC4)ON3)c(C)nc21. The number of pyridine rings is 1. The maximum absolute atomic E-state index is 6.09. The zero-order valence-corrected chi connectivity index (χ0v) is 17.1. The first-order valence-electron chi connectivity index (χ1n) is 11.0. The Labute approximate surface area is 166 Å². The van der Waals surface area contributed by atoms with Crippen LogP contribution in [0, 0.1) is 6.92 Å². The van der Waals surface area contributed by atoms with Gasteiger partial charge in [-0.05, 0) is 45.6 Å². The normalized spacial score (nSPS) is 22.0. The van der Waals surface area contributed by atoms with E-state index in [1.54, 1.807) is 0 Å². The summed E-state index contributed by atoms with van der Waals surface area (Å²) in [5.41, 5.74) is 8.52. The molecule has 0 bridgehead atoms. The van der Waals surface area contributed by atoms with Crippen molar-refractivity contribution in [2.45, 2.75) is 89.8 Å². The van der Waals surface area contributed by atoms with E-state index in [1.807, 2.05) is 10.9 Å². The lowest BCUT2D eigenvalue weighted by Gasteiger charge is -2.26. The summed E-state index contributed by atoms with van der Waals surface area (Å²) in [4.78, 5) is 11.0. The lowest BCUT2D eigenvalue weighted by atomic mass is 9.94. The monoisotopic (exact) mass is 381 g/mol. The van der Waals surface area contributed by atoms with Gasteiger partial charge in [-0.2, -0.15) is 5.10 Å². The lowest BCUT2D eigenvalue weighted by molar-refractivity contribution is -0.0289. The van der Waals surface area contributed by atoms with Crippen molar-refractivity contribution < 1.29 is 4.84 Å². The Bertz CT molecular complexity index is 903. The molecule has 0 aromatic carbocycles. The highest BCUT2D eigenvalue weighted by Crippen LogP contribution is 2.42. The minimum Gasteiger partial charge on any atom is -0.381 e. The molecule has 0 saturated heterocycles. The Morgan fingerprint density at radius 3 is 2.75 bits per heavy atom. The van der Waals surface area contributed by atoms with Crippen LogP contribution in [0.15, 0.2) is 12.3 Å². The molecule has 3 heterocycles. The van der Waals surface area contributed by atoms with E-state index >= 15 is 0 Å². The quantitative estimate of drug-likeness (QED) is 0.804. The van der Waals surface area contributed by atoms with Gasteiger partial charge >= 0.3 is 0 Å². The number of rotatable bonds is 4. The number of anilines is 1. The molecule has 28 heavy (non-hydrogen) atoms. The van der Waals surface area contributed by atoms with Gasteiger partial charge in [-0.15, -0.1) is 0 Å². The molecule has 0 atom stereocenters. The number of aromatic nitrogens is 3. The summed E-state index contributed by atoms with van der Waals surface area (Å²) in [6, 6.07) is 0.519. The van der Waals surface area contributed by atoms with Crippen LogP contribution in [0.3, 0.4) is 0 Å². The van der Waals surface area contributed by atoms with Crippen molar-refractivity contribution >= 4 is 22.4 Å². The highest BCUT2D eigenvalue weighted by Gasteiger charge is 2.39. The molecule has 2 fully saturated rings. The van der Waals surface area contributed by atoms with Gasteiger partial charge in [0.1, 0.15) is 5.60 Å². The molecule has 1 spiro atoms. The van der Waals surface area contributed by atoms with E-state index in [4.69, 9.17) is 9.82 Å². The van der Waals surface area contributed by atoms with Gasteiger partial charge in [0.05, 0.1) is 28.7 Å². The van der Waals surface area contributed by atoms with Crippen molar-refractivity contribution in [1.29, 1.82) is 0 Å². The molecular weight excluding hydrogens is 350 g/mol. The summed E-state index contributed by atoms with van der Waals surface area (Å²) in [7, 11) is 0. The maximum Gasteiger partial charge on any atom is 0.160 e. The molecule has 2 N–H and O–H groups in total. The van der Waals surface area contributed by atoms with Gasteiger partial charge in [0.2, 0.25) is 0 Å². The molecule has 3 aliphatic rings. The lowest BCUT2D eigenvalue weighted by Crippen LogP contribution is -2.25. The smallest absolute Gasteiger partial charge is 0.160 e. The van der Waals surface area contributed by atoms with Gasteiger partial charge in [-0.25, -0.2) is 9.67 Å². The van der Waals surface area contributed by atoms with E-state index in [-0.39, 0.29) is 5.60 Å². The first-order valence-corrected chi connectivity index (χ1v) is 11.0. The molecule has 150 valence electrons. The van der Waals surface area contributed by atoms with Gasteiger partial charge in [0.15, 0.2) is 5.65 Å². The summed E-state index contributed by atoms with van der Waals surface area (Å²) in [5.74, 6) is 0. The molecule has 1 aliphatic heterocycles. The summed E-state index contributed by atoms with van der Waals surface area (Å²) >= 11 is 0. The first-order chi connectivity index (χ1) is 13.7. The summed E-state index contributed by atoms with van der Waals surface area (Å²) < 4.78 is 1.99. The topological polar surface area (TPSA) is 64.0 Å². The Hall–Kier alpha value is -2.08. The van der Waals surface area contributed by atoms with Gasteiger partial charge < -0.3 is 5.32 Å². The van der Waals surface area contributed by atoms with Gasteiger partial charge in [-0.3, -0.25) is 10.3 Å². The second kappa shape index (κ2) is 7.07. The fraction of sp³-hybridized carbons (Fsp3) is 0.636. The molecular formula is C22H31N5O. The second-order valence-electron chi connectivity index (χ2n) is 8.66. The zero-order valence-electron chi connectivity index (χ0n) is 17.1. The van der Waals surface area contributed by atoms with Crippen LogP contribution in [0.25, 0.3) is 16.7 Å². The molecule has 6 heteroatoms.